The van der Waals surface area contributed by atoms with Gasteiger partial charge in [0, 0.05) is 37.6 Å². The summed E-state index contributed by atoms with van der Waals surface area (Å²) in [4.78, 5) is 4.99. The summed E-state index contributed by atoms with van der Waals surface area (Å²) in [5.74, 6) is 1.03. The van der Waals surface area contributed by atoms with Crippen molar-refractivity contribution in [3.05, 3.63) is 199 Å². The van der Waals surface area contributed by atoms with Crippen molar-refractivity contribution in [1.29, 1.82) is 0 Å². The minimum Gasteiger partial charge on any atom is -0.496 e. The number of ether oxygens (including phenoxy) is 2. The first-order chi connectivity index (χ1) is 27.0. The highest BCUT2D eigenvalue weighted by molar-refractivity contribution is 7.86. The molecule has 1 aliphatic heterocycles. The highest BCUT2D eigenvalue weighted by atomic mass is 31.2. The Morgan fingerprint density at radius 1 is 0.509 bits per heavy atom. The van der Waals surface area contributed by atoms with Gasteiger partial charge in [-0.25, -0.2) is 4.99 Å². The molecule has 9 rings (SSSR count). The minimum atomic E-state index is -3.44. The molecule has 0 N–H and O–H groups in total. The van der Waals surface area contributed by atoms with Crippen LogP contribution in [0.5, 0.6) is 5.75 Å². The largest absolute Gasteiger partial charge is 0.496 e. The fourth-order valence-electron chi connectivity index (χ4n) is 7.95. The van der Waals surface area contributed by atoms with Gasteiger partial charge < -0.3 is 18.6 Å². The molecule has 0 spiro atoms. The molecule has 0 aliphatic carbocycles. The van der Waals surface area contributed by atoms with Crippen molar-refractivity contribution in [3.8, 4) is 5.75 Å². The van der Waals surface area contributed by atoms with Crippen LogP contribution in [0.25, 0.3) is 21.5 Å². The number of para-hydroxylation sites is 1. The molecular formula is C48H37NO4P2. The van der Waals surface area contributed by atoms with E-state index in [4.69, 9.17) is 14.5 Å². The fraction of sp³-hybridized carbons (Fsp3) is 0.0625. The topological polar surface area (TPSA) is 65.0 Å². The smallest absolute Gasteiger partial charge is 0.217 e. The molecule has 0 radical (unpaired) electrons. The van der Waals surface area contributed by atoms with Gasteiger partial charge in [0.05, 0.1) is 19.0 Å². The lowest BCUT2D eigenvalue weighted by atomic mass is 10.0. The molecule has 1 unspecified atom stereocenters. The summed E-state index contributed by atoms with van der Waals surface area (Å²) in [6, 6.07) is 60.9. The number of fused-ring (bicyclic) bond motifs is 2. The van der Waals surface area contributed by atoms with Crippen molar-refractivity contribution >= 4 is 73.6 Å². The quantitative estimate of drug-likeness (QED) is 0.138. The third-order valence-corrected chi connectivity index (χ3v) is 16.8. The Morgan fingerprint density at radius 2 is 1.02 bits per heavy atom. The van der Waals surface area contributed by atoms with Crippen LogP contribution in [-0.2, 0) is 13.9 Å². The van der Waals surface area contributed by atoms with Gasteiger partial charge in [-0.05, 0) is 39.7 Å². The Balaban J connectivity index is 1.15. The van der Waals surface area contributed by atoms with E-state index in [0.717, 1.165) is 48.3 Å². The van der Waals surface area contributed by atoms with E-state index < -0.39 is 20.4 Å². The molecule has 55 heavy (non-hydrogen) atoms. The molecule has 0 amide bonds. The van der Waals surface area contributed by atoms with Gasteiger partial charge in [0.25, 0.3) is 0 Å². The number of benzene rings is 8. The highest BCUT2D eigenvalue weighted by Gasteiger charge is 2.37. The SMILES string of the molecule is COc1ccccc1[P@](=O)(c1ccccc1)c1cccc2c(C3CN=C(c4ccccc4[P@@](=O)(c4ccccc4)c4cccc5ccccc45)O3)cccc12. The number of hydrogen-bond acceptors (Lipinski definition) is 5. The zero-order valence-electron chi connectivity index (χ0n) is 30.2. The molecule has 8 aromatic carbocycles. The molecule has 3 atom stereocenters. The minimum absolute atomic E-state index is 0.375. The van der Waals surface area contributed by atoms with Crippen LogP contribution in [0.1, 0.15) is 17.2 Å². The number of methoxy groups -OCH3 is 1. The maximum atomic E-state index is 16.0. The first-order valence-corrected chi connectivity index (χ1v) is 21.7. The summed E-state index contributed by atoms with van der Waals surface area (Å²) in [5.41, 5.74) is 1.64. The molecule has 8 aromatic rings. The molecule has 1 heterocycles. The summed E-state index contributed by atoms with van der Waals surface area (Å²) in [5, 5.41) is 8.09. The average molecular weight is 754 g/mol. The summed E-state index contributed by atoms with van der Waals surface area (Å²) in [6.07, 6.45) is -0.418. The van der Waals surface area contributed by atoms with Gasteiger partial charge in [-0.3, -0.25) is 0 Å². The molecule has 0 saturated heterocycles. The van der Waals surface area contributed by atoms with Crippen LogP contribution in [-0.4, -0.2) is 19.6 Å². The Labute approximate surface area is 320 Å². The second kappa shape index (κ2) is 14.3. The Hall–Kier alpha value is -5.99. The molecule has 0 fully saturated rings. The Kier molecular flexibility index (Phi) is 9.06. The van der Waals surface area contributed by atoms with E-state index in [1.54, 1.807) is 7.11 Å². The van der Waals surface area contributed by atoms with Crippen LogP contribution in [0.15, 0.2) is 193 Å². The number of hydrogen-bond donors (Lipinski definition) is 0. The van der Waals surface area contributed by atoms with E-state index in [0.29, 0.717) is 34.4 Å². The molecule has 268 valence electrons. The van der Waals surface area contributed by atoms with E-state index in [1.807, 2.05) is 164 Å². The van der Waals surface area contributed by atoms with Crippen LogP contribution in [0.4, 0.5) is 0 Å². The van der Waals surface area contributed by atoms with Crippen molar-refractivity contribution in [3.63, 3.8) is 0 Å². The van der Waals surface area contributed by atoms with Crippen LogP contribution >= 0.6 is 14.3 Å². The standard InChI is InChI=1S/C48H37NO4P2/c1-52-42-28-11-13-30-47(42)55(51,36-21-6-3-7-22-36)45-32-16-25-38-39(26-15-27-40(38)45)43-33-49-48(53-43)41-24-10-12-29-46(41)54(50,35-19-4-2-5-20-35)44-31-14-18-34-17-8-9-23-37(34)44/h2-32,43H,33H2,1H3/t43?,54-,55+/m1/s1. The zero-order valence-corrected chi connectivity index (χ0v) is 31.9. The van der Waals surface area contributed by atoms with E-state index in [-0.39, 0.29) is 0 Å². The van der Waals surface area contributed by atoms with Crippen molar-refractivity contribution < 1.29 is 18.6 Å². The molecule has 5 nitrogen and oxygen atoms in total. The van der Waals surface area contributed by atoms with E-state index in [9.17, 15) is 0 Å². The maximum Gasteiger partial charge on any atom is 0.217 e. The van der Waals surface area contributed by atoms with Crippen LogP contribution < -0.4 is 36.6 Å². The lowest BCUT2D eigenvalue weighted by molar-refractivity contribution is 0.232. The second-order valence-corrected chi connectivity index (χ2v) is 18.9. The van der Waals surface area contributed by atoms with Gasteiger partial charge in [0.1, 0.15) is 11.9 Å². The fourth-order valence-corrected chi connectivity index (χ4v) is 14.0. The maximum absolute atomic E-state index is 16.0. The van der Waals surface area contributed by atoms with Crippen LogP contribution in [0.2, 0.25) is 0 Å². The normalized spacial score (nSPS) is 16.2. The van der Waals surface area contributed by atoms with E-state index in [2.05, 4.69) is 24.3 Å². The number of nitrogens with zero attached hydrogens (tertiary/aromatic N) is 1. The summed E-state index contributed by atoms with van der Waals surface area (Å²) >= 11 is 0. The van der Waals surface area contributed by atoms with Gasteiger partial charge in [-0.1, -0.05) is 170 Å². The highest BCUT2D eigenvalue weighted by Crippen LogP contribution is 2.48. The lowest BCUT2D eigenvalue weighted by Gasteiger charge is -2.25. The number of rotatable bonds is 9. The van der Waals surface area contributed by atoms with Crippen LogP contribution in [0.3, 0.4) is 0 Å². The predicted octanol–water partition coefficient (Wildman–Crippen LogP) is 8.80. The van der Waals surface area contributed by atoms with Crippen molar-refractivity contribution in [1.82, 2.24) is 0 Å². The molecular weight excluding hydrogens is 716 g/mol. The molecule has 0 aromatic heterocycles. The first kappa shape index (κ1) is 34.8. The van der Waals surface area contributed by atoms with Crippen molar-refractivity contribution in [2.24, 2.45) is 4.99 Å². The summed E-state index contributed by atoms with van der Waals surface area (Å²) in [7, 11) is -5.24. The third-order valence-electron chi connectivity index (χ3n) is 10.5. The van der Waals surface area contributed by atoms with Crippen molar-refractivity contribution in [2.75, 3.05) is 13.7 Å². The van der Waals surface area contributed by atoms with Gasteiger partial charge in [-0.15, -0.1) is 0 Å². The second-order valence-electron chi connectivity index (χ2n) is 13.5. The monoisotopic (exact) mass is 753 g/mol. The summed E-state index contributed by atoms with van der Waals surface area (Å²) in [6.45, 7) is 0.375. The Bertz CT molecular complexity index is 2830. The van der Waals surface area contributed by atoms with Crippen molar-refractivity contribution in [2.45, 2.75) is 6.10 Å². The summed E-state index contributed by atoms with van der Waals surface area (Å²) < 4.78 is 44.4. The lowest BCUT2D eigenvalue weighted by Crippen LogP contribution is -2.29. The molecule has 1 aliphatic rings. The van der Waals surface area contributed by atoms with Gasteiger partial charge in [0.2, 0.25) is 5.90 Å². The van der Waals surface area contributed by atoms with E-state index >= 15 is 9.13 Å². The molecule has 0 bridgehead atoms. The van der Waals surface area contributed by atoms with Gasteiger partial charge in [-0.2, -0.15) is 0 Å². The van der Waals surface area contributed by atoms with Crippen LogP contribution in [0, 0.1) is 0 Å². The zero-order chi connectivity index (χ0) is 37.4. The number of aliphatic imine (C=N–C) groups is 1. The van der Waals surface area contributed by atoms with Gasteiger partial charge in [0.15, 0.2) is 14.3 Å². The average Bonchev–Trinajstić information content (AvgIpc) is 3.76. The van der Waals surface area contributed by atoms with Gasteiger partial charge >= 0.3 is 0 Å². The predicted molar refractivity (Wildman–Crippen MR) is 228 cm³/mol. The Morgan fingerprint density at radius 3 is 1.76 bits per heavy atom. The third kappa shape index (κ3) is 5.83. The molecule has 7 heteroatoms. The first-order valence-electron chi connectivity index (χ1n) is 18.3. The molecule has 0 saturated carbocycles. The van der Waals surface area contributed by atoms with E-state index in [1.165, 1.54) is 0 Å².